The molecule has 1 aromatic carbocycles. The van der Waals surface area contributed by atoms with Gasteiger partial charge in [0.15, 0.2) is 0 Å². The minimum Gasteiger partial charge on any atom is -0.319 e. The number of likely N-dealkylation sites (N-methyl/N-ethyl adjacent to an activating group) is 1. The lowest BCUT2D eigenvalue weighted by Gasteiger charge is -1.95. The summed E-state index contributed by atoms with van der Waals surface area (Å²) in [5.41, 5.74) is 1.60. The van der Waals surface area contributed by atoms with Crippen LogP contribution in [-0.2, 0) is 6.42 Å². The van der Waals surface area contributed by atoms with Gasteiger partial charge in [-0.3, -0.25) is 0 Å². The highest BCUT2D eigenvalue weighted by Gasteiger charge is 2.06. The molecular weight excluding hydrogens is 232 g/mol. The Morgan fingerprint density at radius 1 is 1.41 bits per heavy atom. The zero-order valence-corrected chi connectivity index (χ0v) is 10.3. The lowest BCUT2D eigenvalue weighted by molar-refractivity contribution is 0.779. The first-order valence-corrected chi connectivity index (χ1v) is 6.12. The Balaban J connectivity index is 2.21. The van der Waals surface area contributed by atoms with Gasteiger partial charge < -0.3 is 5.32 Å². The first kappa shape index (κ1) is 11.7. The highest BCUT2D eigenvalue weighted by molar-refractivity contribution is 7.14. The molecule has 0 bridgehead atoms. The van der Waals surface area contributed by atoms with Crippen LogP contribution in [0.25, 0.3) is 10.6 Å². The molecule has 2 rings (SSSR count). The van der Waals surface area contributed by atoms with E-state index in [0.29, 0.717) is 5.56 Å². The quantitative estimate of drug-likeness (QED) is 0.891. The Bertz CT molecular complexity index is 541. The van der Waals surface area contributed by atoms with Crippen LogP contribution in [0.5, 0.6) is 0 Å². The van der Waals surface area contributed by atoms with E-state index in [9.17, 15) is 0 Å². The number of rotatable bonds is 4. The average molecular weight is 244 g/mol. The van der Waals surface area contributed by atoms with Crippen molar-refractivity contribution in [2.45, 2.75) is 6.42 Å². The second-order valence-electron chi connectivity index (χ2n) is 3.55. The van der Waals surface area contributed by atoms with Crippen LogP contribution in [-0.4, -0.2) is 23.8 Å². The van der Waals surface area contributed by atoms with E-state index in [4.69, 9.17) is 5.26 Å². The van der Waals surface area contributed by atoms with Gasteiger partial charge in [0.05, 0.1) is 11.6 Å². The van der Waals surface area contributed by atoms with E-state index in [1.54, 1.807) is 17.4 Å². The van der Waals surface area contributed by atoms with Crippen molar-refractivity contribution in [3.8, 4) is 16.6 Å². The van der Waals surface area contributed by atoms with E-state index in [-0.39, 0.29) is 0 Å². The van der Waals surface area contributed by atoms with Crippen molar-refractivity contribution >= 4 is 11.3 Å². The van der Waals surface area contributed by atoms with Crippen molar-refractivity contribution in [1.29, 1.82) is 5.26 Å². The molecular formula is C12H12N4S. The van der Waals surface area contributed by atoms with Gasteiger partial charge in [-0.2, -0.15) is 5.26 Å². The molecule has 0 radical (unpaired) electrons. The molecule has 0 saturated heterocycles. The maximum atomic E-state index is 8.84. The number of aromatic nitrogens is 2. The summed E-state index contributed by atoms with van der Waals surface area (Å²) in [5.74, 6) is 0. The van der Waals surface area contributed by atoms with Gasteiger partial charge in [0.2, 0.25) is 0 Å². The summed E-state index contributed by atoms with van der Waals surface area (Å²) in [4.78, 5) is 0. The number of hydrogen-bond acceptors (Lipinski definition) is 5. The van der Waals surface area contributed by atoms with Crippen LogP contribution in [0.15, 0.2) is 24.3 Å². The van der Waals surface area contributed by atoms with Crippen LogP contribution in [0.3, 0.4) is 0 Å². The maximum Gasteiger partial charge on any atom is 0.147 e. The van der Waals surface area contributed by atoms with Crippen molar-refractivity contribution in [1.82, 2.24) is 15.5 Å². The molecule has 0 aliphatic heterocycles. The van der Waals surface area contributed by atoms with E-state index in [2.05, 4.69) is 21.6 Å². The van der Waals surface area contributed by atoms with E-state index in [0.717, 1.165) is 28.5 Å². The van der Waals surface area contributed by atoms with Crippen LogP contribution < -0.4 is 5.32 Å². The third kappa shape index (κ3) is 2.87. The van der Waals surface area contributed by atoms with Crippen LogP contribution in [0.1, 0.15) is 10.6 Å². The summed E-state index contributed by atoms with van der Waals surface area (Å²) >= 11 is 1.57. The van der Waals surface area contributed by atoms with Crippen LogP contribution in [0, 0.1) is 11.3 Å². The fourth-order valence-corrected chi connectivity index (χ4v) is 2.26. The molecule has 0 unspecified atom stereocenters. The Morgan fingerprint density at radius 2 is 2.29 bits per heavy atom. The number of nitrogens with zero attached hydrogens (tertiary/aromatic N) is 3. The monoisotopic (exact) mass is 244 g/mol. The van der Waals surface area contributed by atoms with E-state index in [1.807, 2.05) is 25.2 Å². The van der Waals surface area contributed by atoms with Crippen LogP contribution >= 0.6 is 11.3 Å². The topological polar surface area (TPSA) is 61.6 Å². The Kier molecular flexibility index (Phi) is 3.81. The average Bonchev–Trinajstić information content (AvgIpc) is 2.85. The molecule has 0 spiro atoms. The first-order valence-electron chi connectivity index (χ1n) is 5.31. The van der Waals surface area contributed by atoms with Crippen LogP contribution in [0.4, 0.5) is 0 Å². The van der Waals surface area contributed by atoms with Crippen molar-refractivity contribution in [3.63, 3.8) is 0 Å². The van der Waals surface area contributed by atoms with Gasteiger partial charge >= 0.3 is 0 Å². The lowest BCUT2D eigenvalue weighted by atomic mass is 10.1. The van der Waals surface area contributed by atoms with Crippen molar-refractivity contribution in [2.75, 3.05) is 13.6 Å². The van der Waals surface area contributed by atoms with E-state index >= 15 is 0 Å². The molecule has 0 aliphatic carbocycles. The second kappa shape index (κ2) is 5.53. The van der Waals surface area contributed by atoms with Crippen LogP contribution in [0.2, 0.25) is 0 Å². The van der Waals surface area contributed by atoms with Gasteiger partial charge in [-0.05, 0) is 19.2 Å². The van der Waals surface area contributed by atoms with Gasteiger partial charge in [0.1, 0.15) is 10.0 Å². The standard InChI is InChI=1S/C12H12N4S/c1-14-6-5-11-15-16-12(17-11)10-4-2-3-9(7-10)8-13/h2-4,7,14H,5-6H2,1H3. The molecule has 0 fully saturated rings. The normalized spacial score (nSPS) is 10.1. The Hall–Kier alpha value is -1.77. The van der Waals surface area contributed by atoms with Gasteiger partial charge in [-0.1, -0.05) is 23.5 Å². The smallest absolute Gasteiger partial charge is 0.147 e. The number of hydrogen-bond donors (Lipinski definition) is 1. The van der Waals surface area contributed by atoms with E-state index < -0.39 is 0 Å². The van der Waals surface area contributed by atoms with Crippen molar-refractivity contribution < 1.29 is 0 Å². The summed E-state index contributed by atoms with van der Waals surface area (Å²) < 4.78 is 0. The van der Waals surface area contributed by atoms with Gasteiger partial charge in [-0.25, -0.2) is 0 Å². The predicted molar refractivity (Wildman–Crippen MR) is 67.7 cm³/mol. The first-order chi connectivity index (χ1) is 8.33. The van der Waals surface area contributed by atoms with Crippen molar-refractivity contribution in [2.24, 2.45) is 0 Å². The third-order valence-electron chi connectivity index (χ3n) is 2.29. The molecule has 2 aromatic rings. The molecule has 0 saturated carbocycles. The molecule has 0 amide bonds. The second-order valence-corrected chi connectivity index (χ2v) is 4.61. The predicted octanol–water partition coefficient (Wildman–Crippen LogP) is 1.84. The summed E-state index contributed by atoms with van der Waals surface area (Å²) in [5, 5.41) is 22.1. The molecule has 5 heteroatoms. The van der Waals surface area contributed by atoms with Gasteiger partial charge in [0.25, 0.3) is 0 Å². The Labute approximate surface area is 104 Å². The molecule has 0 aliphatic rings. The highest BCUT2D eigenvalue weighted by atomic mass is 32.1. The fraction of sp³-hybridized carbons (Fsp3) is 0.250. The molecule has 4 nitrogen and oxygen atoms in total. The summed E-state index contributed by atoms with van der Waals surface area (Å²) in [6.45, 7) is 0.896. The largest absolute Gasteiger partial charge is 0.319 e. The summed E-state index contributed by atoms with van der Waals surface area (Å²) in [6, 6.07) is 9.56. The Morgan fingerprint density at radius 3 is 3.06 bits per heavy atom. The van der Waals surface area contributed by atoms with E-state index in [1.165, 1.54) is 0 Å². The minimum atomic E-state index is 0.648. The zero-order valence-electron chi connectivity index (χ0n) is 9.47. The number of nitriles is 1. The molecule has 86 valence electrons. The number of benzene rings is 1. The van der Waals surface area contributed by atoms with Gasteiger partial charge in [-0.15, -0.1) is 10.2 Å². The molecule has 17 heavy (non-hydrogen) atoms. The van der Waals surface area contributed by atoms with Crippen molar-refractivity contribution in [3.05, 3.63) is 34.8 Å². The zero-order chi connectivity index (χ0) is 12.1. The maximum absolute atomic E-state index is 8.84. The molecule has 0 atom stereocenters. The minimum absolute atomic E-state index is 0.648. The fourth-order valence-electron chi connectivity index (χ4n) is 1.42. The summed E-state index contributed by atoms with van der Waals surface area (Å²) in [6.07, 6.45) is 0.881. The molecule has 1 N–H and O–H groups in total. The van der Waals surface area contributed by atoms with Gasteiger partial charge in [0, 0.05) is 18.5 Å². The SMILES string of the molecule is CNCCc1nnc(-c2cccc(C#N)c2)s1. The number of nitrogens with one attached hydrogen (secondary N) is 1. The third-order valence-corrected chi connectivity index (χ3v) is 3.33. The lowest BCUT2D eigenvalue weighted by Crippen LogP contribution is -2.09. The molecule has 1 aromatic heterocycles. The highest BCUT2D eigenvalue weighted by Crippen LogP contribution is 2.24. The molecule has 1 heterocycles. The summed E-state index contributed by atoms with van der Waals surface area (Å²) in [7, 11) is 1.92.